The average molecular weight is 638 g/mol. The number of amides is 1. The summed E-state index contributed by atoms with van der Waals surface area (Å²) < 4.78 is 22.5. The van der Waals surface area contributed by atoms with Crippen molar-refractivity contribution in [3.05, 3.63) is 62.4 Å². The van der Waals surface area contributed by atoms with Gasteiger partial charge in [0.1, 0.15) is 5.75 Å². The number of thiocarbonyl (C=S) groups is 1. The summed E-state index contributed by atoms with van der Waals surface area (Å²) in [5, 5.41) is 10.4. The number of hydrogen-bond acceptors (Lipinski definition) is 8. The van der Waals surface area contributed by atoms with E-state index in [1.54, 1.807) is 52.3 Å². The maximum atomic E-state index is 12.7. The molecule has 1 amide bonds. The minimum Gasteiger partial charge on any atom is -0.493 e. The molecule has 3 rings (SSSR count). The molecule has 1 heterocycles. The highest BCUT2D eigenvalue weighted by Gasteiger charge is 2.32. The van der Waals surface area contributed by atoms with Crippen molar-refractivity contribution in [2.24, 2.45) is 5.10 Å². The van der Waals surface area contributed by atoms with Crippen LogP contribution in [0.3, 0.4) is 0 Å². The van der Waals surface area contributed by atoms with Crippen LogP contribution in [0.1, 0.15) is 31.0 Å². The summed E-state index contributed by atoms with van der Waals surface area (Å²) in [5.74, 6) is 0.649. The van der Waals surface area contributed by atoms with Crippen molar-refractivity contribution in [3.63, 3.8) is 0 Å². The van der Waals surface area contributed by atoms with Gasteiger partial charge in [-0.25, -0.2) is 10.2 Å². The van der Waals surface area contributed by atoms with Crippen molar-refractivity contribution in [1.82, 2.24) is 16.1 Å². The van der Waals surface area contributed by atoms with Crippen LogP contribution in [0, 0.1) is 3.57 Å². The highest BCUT2D eigenvalue weighted by molar-refractivity contribution is 14.1. The van der Waals surface area contributed by atoms with Crippen LogP contribution < -0.4 is 30.3 Å². The zero-order valence-electron chi connectivity index (χ0n) is 20.7. The Morgan fingerprint density at radius 1 is 1.19 bits per heavy atom. The summed E-state index contributed by atoms with van der Waals surface area (Å²) in [6, 6.07) is 10.1. The second-order valence-corrected chi connectivity index (χ2v) is 9.22. The summed E-state index contributed by atoms with van der Waals surface area (Å²) in [6.45, 7) is 3.42. The fourth-order valence-electron chi connectivity index (χ4n) is 3.62. The van der Waals surface area contributed by atoms with Gasteiger partial charge >= 0.3 is 5.97 Å². The number of carbonyl (C=O) groups excluding carboxylic acids is 2. The van der Waals surface area contributed by atoms with E-state index in [-0.39, 0.29) is 13.2 Å². The molecule has 0 unspecified atom stereocenters. The number of nitrogens with one attached hydrogen (secondary N) is 3. The molecule has 2 aromatic rings. The van der Waals surface area contributed by atoms with Crippen molar-refractivity contribution >= 4 is 58.0 Å². The number of ether oxygens (including phenoxy) is 4. The molecule has 0 aromatic heterocycles. The molecule has 0 bridgehead atoms. The highest BCUT2D eigenvalue weighted by atomic mass is 127. The van der Waals surface area contributed by atoms with Crippen LogP contribution in [0.2, 0.25) is 0 Å². The van der Waals surface area contributed by atoms with E-state index >= 15 is 0 Å². The maximum Gasteiger partial charge on any atom is 0.338 e. The Hall–Kier alpha value is -3.39. The molecule has 0 saturated heterocycles. The Labute approximate surface area is 233 Å². The van der Waals surface area contributed by atoms with Crippen molar-refractivity contribution in [2.75, 3.05) is 27.4 Å². The SMILES string of the molecule is CCOC(=O)C1=C(C)NC(=S)N[C@@H]1c1ccccc1OCC(=O)NN=Cc1cc(I)c(OC)c(OC)c1. The molecule has 1 aliphatic rings. The van der Waals surface area contributed by atoms with Gasteiger partial charge in [-0.05, 0) is 72.4 Å². The van der Waals surface area contributed by atoms with Crippen LogP contribution in [0.4, 0.5) is 0 Å². The standard InChI is InChI=1S/C25H27IN4O6S/c1-5-35-24(32)21-14(2)28-25(37)29-22(21)16-8-6-7-9-18(16)36-13-20(31)30-27-12-15-10-17(26)23(34-4)19(11-15)33-3/h6-12,22H,5,13H2,1-4H3,(H,30,31)(H2,28,29,37)/t22-/m1/s1. The third kappa shape index (κ3) is 7.10. The van der Waals surface area contributed by atoms with E-state index in [2.05, 4.69) is 43.8 Å². The molecule has 0 spiro atoms. The van der Waals surface area contributed by atoms with E-state index in [4.69, 9.17) is 31.2 Å². The predicted molar refractivity (Wildman–Crippen MR) is 151 cm³/mol. The molecule has 37 heavy (non-hydrogen) atoms. The fraction of sp³-hybridized carbons (Fsp3) is 0.280. The van der Waals surface area contributed by atoms with Gasteiger partial charge in [-0.15, -0.1) is 0 Å². The number of carbonyl (C=O) groups is 2. The zero-order valence-corrected chi connectivity index (χ0v) is 23.7. The van der Waals surface area contributed by atoms with E-state index in [0.717, 1.165) is 9.13 Å². The van der Waals surface area contributed by atoms with E-state index in [9.17, 15) is 9.59 Å². The summed E-state index contributed by atoms with van der Waals surface area (Å²) >= 11 is 7.42. The predicted octanol–water partition coefficient (Wildman–Crippen LogP) is 3.19. The van der Waals surface area contributed by atoms with E-state index in [0.29, 0.717) is 39.2 Å². The Bertz CT molecular complexity index is 1250. The summed E-state index contributed by atoms with van der Waals surface area (Å²) in [4.78, 5) is 25.1. The van der Waals surface area contributed by atoms with Gasteiger partial charge in [0.25, 0.3) is 5.91 Å². The lowest BCUT2D eigenvalue weighted by Gasteiger charge is -2.30. The van der Waals surface area contributed by atoms with Crippen molar-refractivity contribution in [3.8, 4) is 17.2 Å². The van der Waals surface area contributed by atoms with Gasteiger partial charge in [-0.1, -0.05) is 18.2 Å². The average Bonchev–Trinajstić information content (AvgIpc) is 2.86. The molecular formula is C25H27IN4O6S. The first-order chi connectivity index (χ1) is 17.8. The number of benzene rings is 2. The van der Waals surface area contributed by atoms with Crippen LogP contribution in [-0.4, -0.2) is 50.6 Å². The molecule has 12 heteroatoms. The highest BCUT2D eigenvalue weighted by Crippen LogP contribution is 2.34. The van der Waals surface area contributed by atoms with Crippen LogP contribution in [0.5, 0.6) is 17.2 Å². The number of nitrogens with zero attached hydrogens (tertiary/aromatic N) is 1. The van der Waals surface area contributed by atoms with Crippen LogP contribution >= 0.6 is 34.8 Å². The fourth-order valence-corrected chi connectivity index (χ4v) is 4.74. The molecule has 10 nitrogen and oxygen atoms in total. The number of methoxy groups -OCH3 is 2. The van der Waals surface area contributed by atoms with Gasteiger partial charge in [0.2, 0.25) is 0 Å². The first-order valence-electron chi connectivity index (χ1n) is 11.2. The normalized spacial score (nSPS) is 15.1. The Morgan fingerprint density at radius 2 is 1.95 bits per heavy atom. The number of esters is 1. The van der Waals surface area contributed by atoms with Crippen molar-refractivity contribution in [1.29, 1.82) is 0 Å². The molecule has 3 N–H and O–H groups in total. The molecule has 196 valence electrons. The van der Waals surface area contributed by atoms with E-state index < -0.39 is 17.9 Å². The number of rotatable bonds is 10. The summed E-state index contributed by atoms with van der Waals surface area (Å²) in [7, 11) is 3.11. The molecule has 0 aliphatic carbocycles. The Balaban J connectivity index is 1.71. The maximum absolute atomic E-state index is 12.7. The van der Waals surface area contributed by atoms with Crippen molar-refractivity contribution in [2.45, 2.75) is 19.9 Å². The lowest BCUT2D eigenvalue weighted by atomic mass is 9.95. The second kappa shape index (κ2) is 13.2. The smallest absolute Gasteiger partial charge is 0.338 e. The van der Waals surface area contributed by atoms with Gasteiger partial charge in [0.05, 0.1) is 42.2 Å². The van der Waals surface area contributed by atoms with E-state index in [1.807, 2.05) is 12.1 Å². The first kappa shape index (κ1) is 28.2. The molecule has 1 atom stereocenters. The number of hydrogen-bond donors (Lipinski definition) is 3. The van der Waals surface area contributed by atoms with E-state index in [1.165, 1.54) is 6.21 Å². The van der Waals surface area contributed by atoms with Gasteiger partial charge in [0.15, 0.2) is 23.2 Å². The number of halogens is 1. The Morgan fingerprint density at radius 3 is 2.65 bits per heavy atom. The third-order valence-electron chi connectivity index (χ3n) is 5.21. The number of para-hydroxylation sites is 1. The largest absolute Gasteiger partial charge is 0.493 e. The zero-order chi connectivity index (χ0) is 26.9. The van der Waals surface area contributed by atoms with Gasteiger partial charge in [0, 0.05) is 11.3 Å². The number of allylic oxidation sites excluding steroid dienone is 1. The molecule has 2 aromatic carbocycles. The lowest BCUT2D eigenvalue weighted by Crippen LogP contribution is -2.45. The summed E-state index contributed by atoms with van der Waals surface area (Å²) in [5.41, 5.74) is 4.75. The third-order valence-corrected chi connectivity index (χ3v) is 6.23. The van der Waals surface area contributed by atoms with Crippen molar-refractivity contribution < 1.29 is 28.5 Å². The molecule has 1 aliphatic heterocycles. The minimum absolute atomic E-state index is 0.230. The quantitative estimate of drug-likeness (QED) is 0.119. The Kier molecular flexibility index (Phi) is 10.1. The topological polar surface area (TPSA) is 120 Å². The van der Waals surface area contributed by atoms with Crippen LogP contribution in [0.25, 0.3) is 0 Å². The lowest BCUT2D eigenvalue weighted by molar-refractivity contribution is -0.139. The van der Waals surface area contributed by atoms with Gasteiger partial charge in [-0.3, -0.25) is 4.79 Å². The number of hydrazone groups is 1. The van der Waals surface area contributed by atoms with Gasteiger partial charge in [-0.2, -0.15) is 5.10 Å². The molecule has 0 saturated carbocycles. The van der Waals surface area contributed by atoms with Crippen LogP contribution in [-0.2, 0) is 14.3 Å². The molecule has 0 radical (unpaired) electrons. The monoisotopic (exact) mass is 638 g/mol. The minimum atomic E-state index is -0.613. The molecule has 0 fully saturated rings. The molecular weight excluding hydrogens is 611 g/mol. The second-order valence-electron chi connectivity index (χ2n) is 7.65. The first-order valence-corrected chi connectivity index (χ1v) is 12.7. The van der Waals surface area contributed by atoms with Crippen LogP contribution in [0.15, 0.2) is 52.8 Å². The summed E-state index contributed by atoms with van der Waals surface area (Å²) in [6.07, 6.45) is 1.50. The van der Waals surface area contributed by atoms with Gasteiger partial charge < -0.3 is 29.6 Å².